The largest absolute Gasteiger partial charge is 0.459 e. The number of nitrogens with zero attached hydrogens (tertiary/aromatic N) is 1. The van der Waals surface area contributed by atoms with Crippen LogP contribution < -0.4 is 0 Å². The van der Waals surface area contributed by atoms with Gasteiger partial charge in [0.05, 0.1) is 6.61 Å². The van der Waals surface area contributed by atoms with Crippen LogP contribution in [0.1, 0.15) is 23.0 Å². The monoisotopic (exact) mass is 195 g/mol. The van der Waals surface area contributed by atoms with E-state index in [-0.39, 0.29) is 18.9 Å². The first-order valence-corrected chi connectivity index (χ1v) is 4.50. The van der Waals surface area contributed by atoms with Gasteiger partial charge in [-0.3, -0.25) is 0 Å². The first-order valence-electron chi connectivity index (χ1n) is 4.50. The van der Waals surface area contributed by atoms with Crippen molar-refractivity contribution in [3.8, 4) is 0 Å². The van der Waals surface area contributed by atoms with E-state index in [0.29, 0.717) is 0 Å². The van der Waals surface area contributed by atoms with Gasteiger partial charge in [0.15, 0.2) is 0 Å². The fourth-order valence-corrected chi connectivity index (χ4v) is 0.967. The zero-order chi connectivity index (χ0) is 10.4. The highest BCUT2D eigenvalue weighted by Crippen LogP contribution is 2.02. The number of hydrogen-bond acceptors (Lipinski definition) is 4. The third-order valence-corrected chi connectivity index (χ3v) is 1.77. The molecule has 0 aliphatic heterocycles. The van der Waals surface area contributed by atoms with E-state index in [0.717, 1.165) is 12.0 Å². The Bertz CT molecular complexity index is 295. The predicted molar refractivity (Wildman–Crippen MR) is 51.0 cm³/mol. The van der Waals surface area contributed by atoms with Crippen LogP contribution in [0, 0.1) is 0 Å². The number of aliphatic hydroxyl groups excluding tert-OH is 1. The van der Waals surface area contributed by atoms with E-state index in [9.17, 15) is 4.79 Å². The van der Waals surface area contributed by atoms with Crippen LogP contribution in [0.2, 0.25) is 0 Å². The molecule has 0 saturated carbocycles. The molecule has 0 amide bonds. The summed E-state index contributed by atoms with van der Waals surface area (Å²) >= 11 is 0. The average Bonchev–Trinajstić information content (AvgIpc) is 2.26. The van der Waals surface area contributed by atoms with Gasteiger partial charge in [-0.25, -0.2) is 9.78 Å². The zero-order valence-corrected chi connectivity index (χ0v) is 8.06. The van der Waals surface area contributed by atoms with Gasteiger partial charge in [0, 0.05) is 6.20 Å². The Morgan fingerprint density at radius 1 is 1.57 bits per heavy atom. The topological polar surface area (TPSA) is 59.4 Å². The van der Waals surface area contributed by atoms with Gasteiger partial charge in [-0.05, 0) is 18.1 Å². The molecule has 0 spiro atoms. The lowest BCUT2D eigenvalue weighted by Gasteiger charge is -2.02. The molecule has 0 bridgehead atoms. The molecule has 76 valence electrons. The highest BCUT2D eigenvalue weighted by atomic mass is 16.5. The first-order chi connectivity index (χ1) is 6.77. The van der Waals surface area contributed by atoms with E-state index in [1.165, 1.54) is 0 Å². The number of aromatic nitrogens is 1. The Kier molecular flexibility index (Phi) is 4.07. The summed E-state index contributed by atoms with van der Waals surface area (Å²) in [5.41, 5.74) is 1.35. The fraction of sp³-hybridized carbons (Fsp3) is 0.400. The van der Waals surface area contributed by atoms with Crippen molar-refractivity contribution in [2.45, 2.75) is 13.3 Å². The summed E-state index contributed by atoms with van der Waals surface area (Å²) in [6, 6.07) is 3.46. The SMILES string of the molecule is CCc1ccc(C(=O)OCCO)nc1. The summed E-state index contributed by atoms with van der Waals surface area (Å²) < 4.78 is 4.70. The predicted octanol–water partition coefficient (Wildman–Crippen LogP) is 0.793. The molecule has 1 aromatic heterocycles. The third kappa shape index (κ3) is 2.81. The Balaban J connectivity index is 2.62. The van der Waals surface area contributed by atoms with E-state index in [1.807, 2.05) is 13.0 Å². The number of esters is 1. The van der Waals surface area contributed by atoms with Gasteiger partial charge < -0.3 is 9.84 Å². The minimum atomic E-state index is -0.498. The molecule has 0 fully saturated rings. The van der Waals surface area contributed by atoms with Gasteiger partial charge in [0.1, 0.15) is 12.3 Å². The number of pyridine rings is 1. The molecule has 1 aromatic rings. The van der Waals surface area contributed by atoms with Gasteiger partial charge in [0.25, 0.3) is 0 Å². The van der Waals surface area contributed by atoms with E-state index in [1.54, 1.807) is 12.3 Å². The molecule has 14 heavy (non-hydrogen) atoms. The van der Waals surface area contributed by atoms with Crippen molar-refractivity contribution in [3.63, 3.8) is 0 Å². The summed E-state index contributed by atoms with van der Waals surface area (Å²) in [6.45, 7) is 1.86. The molecule has 0 unspecified atom stereocenters. The van der Waals surface area contributed by atoms with Crippen LogP contribution in [0.15, 0.2) is 18.3 Å². The second kappa shape index (κ2) is 5.34. The van der Waals surface area contributed by atoms with Gasteiger partial charge in [-0.2, -0.15) is 0 Å². The summed E-state index contributed by atoms with van der Waals surface area (Å²) in [7, 11) is 0. The van der Waals surface area contributed by atoms with Crippen LogP contribution in [-0.2, 0) is 11.2 Å². The molecule has 1 heterocycles. The molecule has 0 radical (unpaired) electrons. The number of carbonyl (C=O) groups is 1. The Hall–Kier alpha value is -1.42. The van der Waals surface area contributed by atoms with Crippen molar-refractivity contribution in [2.75, 3.05) is 13.2 Å². The quantitative estimate of drug-likeness (QED) is 0.722. The zero-order valence-electron chi connectivity index (χ0n) is 8.06. The molecule has 0 saturated heterocycles. The Morgan fingerprint density at radius 3 is 2.86 bits per heavy atom. The number of ether oxygens (including phenoxy) is 1. The number of rotatable bonds is 4. The number of aryl methyl sites for hydroxylation is 1. The second-order valence-corrected chi connectivity index (χ2v) is 2.76. The molecule has 4 heteroatoms. The molecule has 0 aliphatic rings. The standard InChI is InChI=1S/C10H13NO3/c1-2-8-3-4-9(11-7-8)10(13)14-6-5-12/h3-4,7,12H,2,5-6H2,1H3. The van der Waals surface area contributed by atoms with E-state index >= 15 is 0 Å². The van der Waals surface area contributed by atoms with Gasteiger partial charge in [0.2, 0.25) is 0 Å². The maximum Gasteiger partial charge on any atom is 0.356 e. The fourth-order valence-electron chi connectivity index (χ4n) is 0.967. The maximum atomic E-state index is 11.2. The highest BCUT2D eigenvalue weighted by molar-refractivity contribution is 5.87. The number of carbonyl (C=O) groups excluding carboxylic acids is 1. The molecular weight excluding hydrogens is 182 g/mol. The van der Waals surface area contributed by atoms with Gasteiger partial charge >= 0.3 is 5.97 Å². The van der Waals surface area contributed by atoms with E-state index in [2.05, 4.69) is 4.98 Å². The summed E-state index contributed by atoms with van der Waals surface area (Å²) in [6.07, 6.45) is 2.54. The molecular formula is C10H13NO3. The summed E-state index contributed by atoms with van der Waals surface area (Å²) in [4.78, 5) is 15.2. The lowest BCUT2D eigenvalue weighted by Crippen LogP contribution is -2.10. The number of aliphatic hydroxyl groups is 1. The molecule has 0 aromatic carbocycles. The van der Waals surface area contributed by atoms with Crippen LogP contribution in [0.3, 0.4) is 0 Å². The van der Waals surface area contributed by atoms with Crippen LogP contribution in [-0.4, -0.2) is 29.3 Å². The van der Waals surface area contributed by atoms with Crippen molar-refractivity contribution in [1.29, 1.82) is 0 Å². The van der Waals surface area contributed by atoms with Crippen LogP contribution in [0.25, 0.3) is 0 Å². The van der Waals surface area contributed by atoms with Gasteiger partial charge in [-0.15, -0.1) is 0 Å². The summed E-state index contributed by atoms with van der Waals surface area (Å²) in [5.74, 6) is -0.498. The first kappa shape index (κ1) is 10.7. The van der Waals surface area contributed by atoms with Crippen molar-refractivity contribution in [1.82, 2.24) is 4.98 Å². The smallest absolute Gasteiger partial charge is 0.356 e. The number of hydrogen-bond donors (Lipinski definition) is 1. The molecule has 0 aliphatic carbocycles. The lowest BCUT2D eigenvalue weighted by atomic mass is 10.2. The van der Waals surface area contributed by atoms with Crippen molar-refractivity contribution < 1.29 is 14.6 Å². The lowest BCUT2D eigenvalue weighted by molar-refractivity contribution is 0.0427. The molecule has 1 N–H and O–H groups in total. The second-order valence-electron chi connectivity index (χ2n) is 2.76. The molecule has 4 nitrogen and oxygen atoms in total. The van der Waals surface area contributed by atoms with E-state index < -0.39 is 5.97 Å². The Labute approximate surface area is 82.5 Å². The maximum absolute atomic E-state index is 11.2. The molecule has 0 atom stereocenters. The van der Waals surface area contributed by atoms with Crippen molar-refractivity contribution >= 4 is 5.97 Å². The third-order valence-electron chi connectivity index (χ3n) is 1.77. The minimum absolute atomic E-state index is 0.00996. The van der Waals surface area contributed by atoms with Crippen LogP contribution >= 0.6 is 0 Å². The Morgan fingerprint density at radius 2 is 2.36 bits per heavy atom. The normalized spacial score (nSPS) is 9.86. The van der Waals surface area contributed by atoms with Crippen molar-refractivity contribution in [2.24, 2.45) is 0 Å². The average molecular weight is 195 g/mol. The molecule has 1 rings (SSSR count). The van der Waals surface area contributed by atoms with E-state index in [4.69, 9.17) is 9.84 Å². The summed E-state index contributed by atoms with van der Waals surface area (Å²) in [5, 5.41) is 8.45. The van der Waals surface area contributed by atoms with Crippen molar-refractivity contribution in [3.05, 3.63) is 29.6 Å². The van der Waals surface area contributed by atoms with Crippen LogP contribution in [0.4, 0.5) is 0 Å². The van der Waals surface area contributed by atoms with Gasteiger partial charge in [-0.1, -0.05) is 13.0 Å². The van der Waals surface area contributed by atoms with Crippen LogP contribution in [0.5, 0.6) is 0 Å². The highest BCUT2D eigenvalue weighted by Gasteiger charge is 2.07. The minimum Gasteiger partial charge on any atom is -0.459 e.